The van der Waals surface area contributed by atoms with Crippen molar-refractivity contribution in [2.75, 3.05) is 0 Å². The lowest BCUT2D eigenvalue weighted by molar-refractivity contribution is 0.579. The lowest BCUT2D eigenvalue weighted by atomic mass is 10.1. The number of halogens is 2. The van der Waals surface area contributed by atoms with Gasteiger partial charge < -0.3 is 5.73 Å². The molecule has 0 aliphatic carbocycles. The van der Waals surface area contributed by atoms with Gasteiger partial charge in [-0.2, -0.15) is 9.49 Å². The number of hydrogen-bond donors (Lipinski definition) is 2. The maximum Gasteiger partial charge on any atom is 0.264 e. The van der Waals surface area contributed by atoms with E-state index >= 15 is 0 Å². The first-order valence-electron chi connectivity index (χ1n) is 6.29. The highest BCUT2D eigenvalue weighted by molar-refractivity contribution is 5.82. The van der Waals surface area contributed by atoms with Gasteiger partial charge in [0.1, 0.15) is 5.82 Å². The number of rotatable bonds is 2. The predicted molar refractivity (Wildman–Crippen MR) is 74.2 cm³/mol. The van der Waals surface area contributed by atoms with Crippen LogP contribution in [0.2, 0.25) is 0 Å². The molecule has 21 heavy (non-hydrogen) atoms. The predicted octanol–water partition coefficient (Wildman–Crippen LogP) is 2.01. The van der Waals surface area contributed by atoms with Gasteiger partial charge in [0.2, 0.25) is 5.95 Å². The van der Waals surface area contributed by atoms with Crippen LogP contribution in [0.3, 0.4) is 0 Å². The number of nitrogens with one attached hydrogen (secondary N) is 1. The summed E-state index contributed by atoms with van der Waals surface area (Å²) in [6.45, 7) is 1.70. The fourth-order valence-corrected chi connectivity index (χ4v) is 2.28. The summed E-state index contributed by atoms with van der Waals surface area (Å²) >= 11 is 0. The molecular formula is C14H12F2N4O. The van der Waals surface area contributed by atoms with Gasteiger partial charge in [-0.3, -0.25) is 14.5 Å². The summed E-state index contributed by atoms with van der Waals surface area (Å²) in [5.41, 5.74) is 5.85. The van der Waals surface area contributed by atoms with Crippen LogP contribution in [0.25, 0.3) is 16.6 Å². The van der Waals surface area contributed by atoms with Gasteiger partial charge in [0.25, 0.3) is 5.56 Å². The standard InChI is InChI=1S/C14H12F2N4O/c1-7(17)11-4-8-2-3-9(15)5-10(8)14(21)20(11)13-6-12(16)18-19-13/h2-7H,17H2,1H3,(H,18,19). The summed E-state index contributed by atoms with van der Waals surface area (Å²) in [7, 11) is 0. The van der Waals surface area contributed by atoms with Gasteiger partial charge in [-0.05, 0) is 30.5 Å². The first kappa shape index (κ1) is 13.4. The Kier molecular flexibility index (Phi) is 3.06. The van der Waals surface area contributed by atoms with E-state index in [4.69, 9.17) is 5.73 Å². The van der Waals surface area contributed by atoms with Crippen LogP contribution in [-0.4, -0.2) is 14.8 Å². The highest BCUT2D eigenvalue weighted by Crippen LogP contribution is 2.20. The van der Waals surface area contributed by atoms with Crippen LogP contribution in [-0.2, 0) is 0 Å². The number of nitrogens with zero attached hydrogens (tertiary/aromatic N) is 2. The van der Waals surface area contributed by atoms with E-state index in [0.29, 0.717) is 11.1 Å². The van der Waals surface area contributed by atoms with Crippen LogP contribution in [0.4, 0.5) is 8.78 Å². The molecule has 0 spiro atoms. The molecule has 0 radical (unpaired) electrons. The topological polar surface area (TPSA) is 76.7 Å². The molecule has 0 aliphatic rings. The fourth-order valence-electron chi connectivity index (χ4n) is 2.28. The molecule has 3 rings (SSSR count). The Morgan fingerprint density at radius 2 is 2.05 bits per heavy atom. The number of fused-ring (bicyclic) bond motifs is 1. The average Bonchev–Trinajstić information content (AvgIpc) is 2.85. The summed E-state index contributed by atoms with van der Waals surface area (Å²) in [6, 6.07) is 6.19. The number of aromatic amines is 1. The van der Waals surface area contributed by atoms with Gasteiger partial charge >= 0.3 is 0 Å². The van der Waals surface area contributed by atoms with Crippen molar-refractivity contribution < 1.29 is 8.78 Å². The van der Waals surface area contributed by atoms with Gasteiger partial charge in [0.15, 0.2) is 5.82 Å². The second-order valence-electron chi connectivity index (χ2n) is 4.80. The Balaban J connectivity index is 2.42. The molecule has 3 aromatic rings. The third-order valence-corrected chi connectivity index (χ3v) is 3.24. The largest absolute Gasteiger partial charge is 0.323 e. The summed E-state index contributed by atoms with van der Waals surface area (Å²) in [5.74, 6) is -1.12. The van der Waals surface area contributed by atoms with E-state index in [1.54, 1.807) is 13.0 Å². The van der Waals surface area contributed by atoms with Crippen LogP contribution < -0.4 is 11.3 Å². The zero-order valence-corrected chi connectivity index (χ0v) is 11.1. The van der Waals surface area contributed by atoms with E-state index in [-0.39, 0.29) is 11.2 Å². The van der Waals surface area contributed by atoms with Crippen molar-refractivity contribution in [2.45, 2.75) is 13.0 Å². The third kappa shape index (κ3) is 2.21. The Labute approximate surface area is 118 Å². The highest BCUT2D eigenvalue weighted by Gasteiger charge is 2.16. The van der Waals surface area contributed by atoms with Crippen LogP contribution in [0.5, 0.6) is 0 Å². The van der Waals surface area contributed by atoms with Gasteiger partial charge in [-0.15, -0.1) is 0 Å². The molecule has 0 saturated carbocycles. The number of nitrogens with two attached hydrogens (primary N) is 1. The van der Waals surface area contributed by atoms with Crippen molar-refractivity contribution in [3.63, 3.8) is 0 Å². The number of pyridine rings is 1. The lowest BCUT2D eigenvalue weighted by Crippen LogP contribution is -2.26. The number of benzene rings is 1. The summed E-state index contributed by atoms with van der Waals surface area (Å²) in [4.78, 5) is 12.6. The molecule has 7 heteroatoms. The van der Waals surface area contributed by atoms with Gasteiger partial charge in [0.05, 0.1) is 5.39 Å². The van der Waals surface area contributed by atoms with Crippen LogP contribution in [0.1, 0.15) is 18.7 Å². The molecule has 0 saturated heterocycles. The van der Waals surface area contributed by atoms with E-state index < -0.39 is 23.4 Å². The molecule has 0 aliphatic heterocycles. The van der Waals surface area contributed by atoms with Crippen molar-refractivity contribution in [1.82, 2.24) is 14.8 Å². The number of H-pyrrole nitrogens is 1. The van der Waals surface area contributed by atoms with E-state index in [9.17, 15) is 13.6 Å². The lowest BCUT2D eigenvalue weighted by Gasteiger charge is -2.15. The minimum atomic E-state index is -0.674. The molecule has 3 N–H and O–H groups in total. The Morgan fingerprint density at radius 1 is 1.29 bits per heavy atom. The fraction of sp³-hybridized carbons (Fsp3) is 0.143. The Hall–Kier alpha value is -2.54. The molecule has 0 fully saturated rings. The third-order valence-electron chi connectivity index (χ3n) is 3.24. The molecule has 5 nitrogen and oxygen atoms in total. The van der Waals surface area contributed by atoms with Gasteiger partial charge in [-0.25, -0.2) is 4.39 Å². The van der Waals surface area contributed by atoms with E-state index in [1.165, 1.54) is 16.7 Å². The molecule has 2 heterocycles. The van der Waals surface area contributed by atoms with Crippen molar-refractivity contribution in [1.29, 1.82) is 0 Å². The Morgan fingerprint density at radius 3 is 2.67 bits per heavy atom. The van der Waals surface area contributed by atoms with Crippen LogP contribution in [0, 0.1) is 11.8 Å². The number of hydrogen-bond acceptors (Lipinski definition) is 3. The van der Waals surface area contributed by atoms with E-state index in [0.717, 1.165) is 12.1 Å². The minimum absolute atomic E-state index is 0.0796. The average molecular weight is 290 g/mol. The van der Waals surface area contributed by atoms with Crippen molar-refractivity contribution >= 4 is 10.8 Å². The molecular weight excluding hydrogens is 278 g/mol. The van der Waals surface area contributed by atoms with Gasteiger partial charge in [0, 0.05) is 17.8 Å². The van der Waals surface area contributed by atoms with E-state index in [1.807, 2.05) is 0 Å². The normalized spacial score (nSPS) is 12.8. The smallest absolute Gasteiger partial charge is 0.264 e. The summed E-state index contributed by atoms with van der Waals surface area (Å²) in [5, 5.41) is 6.61. The first-order valence-corrected chi connectivity index (χ1v) is 6.29. The molecule has 0 amide bonds. The zero-order chi connectivity index (χ0) is 15.1. The summed E-state index contributed by atoms with van der Waals surface area (Å²) in [6.07, 6.45) is 0. The molecule has 2 aromatic heterocycles. The minimum Gasteiger partial charge on any atom is -0.323 e. The van der Waals surface area contributed by atoms with Crippen molar-refractivity contribution in [3.05, 3.63) is 58.1 Å². The SMILES string of the molecule is CC(N)c1cc2ccc(F)cc2c(=O)n1-c1cc(F)[nH]n1. The maximum absolute atomic E-state index is 13.4. The quantitative estimate of drug-likeness (QED) is 0.758. The maximum atomic E-state index is 13.4. The molecule has 0 bridgehead atoms. The zero-order valence-electron chi connectivity index (χ0n) is 11.1. The van der Waals surface area contributed by atoms with Crippen LogP contribution >= 0.6 is 0 Å². The van der Waals surface area contributed by atoms with E-state index in [2.05, 4.69) is 10.2 Å². The van der Waals surface area contributed by atoms with Gasteiger partial charge in [-0.1, -0.05) is 6.07 Å². The second kappa shape index (κ2) is 4.78. The monoisotopic (exact) mass is 290 g/mol. The molecule has 108 valence electrons. The highest BCUT2D eigenvalue weighted by atomic mass is 19.1. The molecule has 1 unspecified atom stereocenters. The molecule has 1 atom stereocenters. The van der Waals surface area contributed by atoms with Crippen LogP contribution in [0.15, 0.2) is 35.1 Å². The Bertz CT molecular complexity index is 882. The number of aromatic nitrogens is 3. The molecule has 1 aromatic carbocycles. The van der Waals surface area contributed by atoms with Crippen molar-refractivity contribution in [2.24, 2.45) is 5.73 Å². The second-order valence-corrected chi connectivity index (χ2v) is 4.80. The van der Waals surface area contributed by atoms with Crippen molar-refractivity contribution in [3.8, 4) is 5.82 Å². The summed E-state index contributed by atoms with van der Waals surface area (Å²) < 4.78 is 27.7. The first-order chi connectivity index (χ1) is 9.97.